The lowest BCUT2D eigenvalue weighted by atomic mass is 9.78. The van der Waals surface area contributed by atoms with Crippen molar-refractivity contribution in [1.82, 2.24) is 0 Å². The van der Waals surface area contributed by atoms with Gasteiger partial charge in [-0.1, -0.05) is 86.0 Å². The number of rotatable bonds is 9. The Kier molecular flexibility index (Phi) is 7.96. The van der Waals surface area contributed by atoms with Gasteiger partial charge in [0.15, 0.2) is 0 Å². The van der Waals surface area contributed by atoms with E-state index < -0.39 is 0 Å². The highest BCUT2D eigenvalue weighted by molar-refractivity contribution is 4.93. The first kappa shape index (κ1) is 19.3. The van der Waals surface area contributed by atoms with Crippen molar-refractivity contribution < 1.29 is 0 Å². The summed E-state index contributed by atoms with van der Waals surface area (Å²) in [6, 6.07) is 0. The van der Waals surface area contributed by atoms with Gasteiger partial charge in [-0.3, -0.25) is 0 Å². The Balaban J connectivity index is 1.82. The standard InChI is InChI=1S/C23H44/c1-6-7-13-21-16-20(11-8-10-18(4)17(2)3)12-9-14-22(21)23-15-19(23)5/h17-23H,6-16H2,1-5H3. The van der Waals surface area contributed by atoms with Crippen LogP contribution in [0.1, 0.15) is 105 Å². The van der Waals surface area contributed by atoms with Crippen molar-refractivity contribution in [1.29, 1.82) is 0 Å². The molecule has 2 saturated carbocycles. The summed E-state index contributed by atoms with van der Waals surface area (Å²) < 4.78 is 0. The van der Waals surface area contributed by atoms with E-state index >= 15 is 0 Å². The molecule has 0 aromatic heterocycles. The maximum atomic E-state index is 2.50. The second-order valence-corrected chi connectivity index (χ2v) is 9.63. The Bertz CT molecular complexity index is 318. The molecule has 0 bridgehead atoms. The van der Waals surface area contributed by atoms with Crippen LogP contribution in [0.15, 0.2) is 0 Å². The van der Waals surface area contributed by atoms with E-state index in [1.807, 2.05) is 0 Å². The van der Waals surface area contributed by atoms with Crippen LogP contribution in [0.2, 0.25) is 0 Å². The zero-order valence-corrected chi connectivity index (χ0v) is 16.8. The minimum Gasteiger partial charge on any atom is -0.0654 e. The molecular weight excluding hydrogens is 276 g/mol. The summed E-state index contributed by atoms with van der Waals surface area (Å²) in [5.41, 5.74) is 0. The summed E-state index contributed by atoms with van der Waals surface area (Å²) in [6.07, 6.45) is 16.6. The molecule has 0 radical (unpaired) electrons. The molecule has 6 unspecified atom stereocenters. The lowest BCUT2D eigenvalue weighted by molar-refractivity contribution is 0.226. The Morgan fingerprint density at radius 3 is 2.26 bits per heavy atom. The quantitative estimate of drug-likeness (QED) is 0.381. The van der Waals surface area contributed by atoms with E-state index in [-0.39, 0.29) is 0 Å². The molecule has 0 heterocycles. The molecule has 136 valence electrons. The van der Waals surface area contributed by atoms with Crippen LogP contribution in [0.5, 0.6) is 0 Å². The third kappa shape index (κ3) is 6.09. The Morgan fingerprint density at radius 2 is 1.65 bits per heavy atom. The van der Waals surface area contributed by atoms with Crippen LogP contribution in [0, 0.1) is 41.4 Å². The molecule has 6 atom stereocenters. The van der Waals surface area contributed by atoms with Gasteiger partial charge in [0.25, 0.3) is 0 Å². The summed E-state index contributed by atoms with van der Waals surface area (Å²) in [4.78, 5) is 0. The van der Waals surface area contributed by atoms with Gasteiger partial charge in [-0.05, 0) is 60.7 Å². The van der Waals surface area contributed by atoms with Crippen LogP contribution >= 0.6 is 0 Å². The summed E-state index contributed by atoms with van der Waals surface area (Å²) in [7, 11) is 0. The van der Waals surface area contributed by atoms with Crippen molar-refractivity contribution >= 4 is 0 Å². The van der Waals surface area contributed by atoms with Gasteiger partial charge < -0.3 is 0 Å². The molecule has 0 N–H and O–H groups in total. The van der Waals surface area contributed by atoms with Gasteiger partial charge in [0, 0.05) is 0 Å². The summed E-state index contributed by atoms with van der Waals surface area (Å²) in [5.74, 6) is 7.15. The van der Waals surface area contributed by atoms with Crippen LogP contribution in [-0.2, 0) is 0 Å². The fourth-order valence-electron chi connectivity index (χ4n) is 5.23. The van der Waals surface area contributed by atoms with E-state index in [1.54, 1.807) is 19.3 Å². The molecule has 2 aliphatic carbocycles. The maximum Gasteiger partial charge on any atom is -0.0355 e. The van der Waals surface area contributed by atoms with Crippen molar-refractivity contribution in [3.05, 3.63) is 0 Å². The van der Waals surface area contributed by atoms with Crippen molar-refractivity contribution in [3.8, 4) is 0 Å². The van der Waals surface area contributed by atoms with E-state index in [1.165, 1.54) is 51.4 Å². The normalized spacial score (nSPS) is 36.0. The average Bonchev–Trinajstić information content (AvgIpc) is 3.26. The van der Waals surface area contributed by atoms with Crippen molar-refractivity contribution in [3.63, 3.8) is 0 Å². The first-order valence-corrected chi connectivity index (χ1v) is 11.0. The topological polar surface area (TPSA) is 0 Å². The van der Waals surface area contributed by atoms with E-state index in [2.05, 4.69) is 34.6 Å². The van der Waals surface area contributed by atoms with Crippen LogP contribution < -0.4 is 0 Å². The Labute approximate surface area is 147 Å². The van der Waals surface area contributed by atoms with Crippen molar-refractivity contribution in [2.24, 2.45) is 41.4 Å². The highest BCUT2D eigenvalue weighted by Crippen LogP contribution is 2.52. The number of hydrogen-bond donors (Lipinski definition) is 0. The molecular formula is C23H44. The smallest absolute Gasteiger partial charge is 0.0355 e. The van der Waals surface area contributed by atoms with E-state index in [0.717, 1.165) is 41.4 Å². The third-order valence-electron chi connectivity index (χ3n) is 7.45. The number of unbranched alkanes of at least 4 members (excludes halogenated alkanes) is 1. The Hall–Kier alpha value is 0. The lowest BCUT2D eigenvalue weighted by Gasteiger charge is -2.28. The van der Waals surface area contributed by atoms with Gasteiger partial charge >= 0.3 is 0 Å². The highest BCUT2D eigenvalue weighted by Gasteiger charge is 2.43. The van der Waals surface area contributed by atoms with Crippen molar-refractivity contribution in [2.45, 2.75) is 105 Å². The molecule has 2 fully saturated rings. The molecule has 0 aromatic rings. The van der Waals surface area contributed by atoms with Gasteiger partial charge in [0.05, 0.1) is 0 Å². The predicted molar refractivity (Wildman–Crippen MR) is 104 cm³/mol. The second kappa shape index (κ2) is 9.47. The molecule has 2 aliphatic rings. The minimum absolute atomic E-state index is 0.863. The zero-order chi connectivity index (χ0) is 16.8. The fraction of sp³-hybridized carbons (Fsp3) is 1.00. The minimum atomic E-state index is 0.863. The first-order valence-electron chi connectivity index (χ1n) is 11.0. The molecule has 0 heteroatoms. The van der Waals surface area contributed by atoms with Crippen molar-refractivity contribution in [2.75, 3.05) is 0 Å². The van der Waals surface area contributed by atoms with Crippen LogP contribution in [0.4, 0.5) is 0 Å². The molecule has 0 amide bonds. The van der Waals surface area contributed by atoms with Gasteiger partial charge in [-0.25, -0.2) is 0 Å². The maximum absolute atomic E-state index is 2.50. The molecule has 0 saturated heterocycles. The van der Waals surface area contributed by atoms with Gasteiger partial charge in [0.2, 0.25) is 0 Å². The average molecular weight is 321 g/mol. The Morgan fingerprint density at radius 1 is 0.913 bits per heavy atom. The highest BCUT2D eigenvalue weighted by atomic mass is 14.5. The summed E-state index contributed by atoms with van der Waals surface area (Å²) >= 11 is 0. The van der Waals surface area contributed by atoms with Gasteiger partial charge in [-0.2, -0.15) is 0 Å². The molecule has 0 aliphatic heterocycles. The summed E-state index contributed by atoms with van der Waals surface area (Å²) in [5, 5.41) is 0. The second-order valence-electron chi connectivity index (χ2n) is 9.63. The lowest BCUT2D eigenvalue weighted by Crippen LogP contribution is -2.18. The van der Waals surface area contributed by atoms with E-state index in [9.17, 15) is 0 Å². The molecule has 23 heavy (non-hydrogen) atoms. The van der Waals surface area contributed by atoms with Crippen LogP contribution in [0.25, 0.3) is 0 Å². The van der Waals surface area contributed by atoms with Gasteiger partial charge in [0.1, 0.15) is 0 Å². The fourth-order valence-corrected chi connectivity index (χ4v) is 5.23. The summed E-state index contributed by atoms with van der Waals surface area (Å²) in [6.45, 7) is 12.1. The monoisotopic (exact) mass is 320 g/mol. The largest absolute Gasteiger partial charge is 0.0654 e. The first-order chi connectivity index (χ1) is 11.0. The van der Waals surface area contributed by atoms with Crippen LogP contribution in [-0.4, -0.2) is 0 Å². The molecule has 0 aromatic carbocycles. The SMILES string of the molecule is CCCCC1CC(CCCC(C)C(C)C)CCCC1C1CC1C. The number of hydrogen-bond acceptors (Lipinski definition) is 0. The van der Waals surface area contributed by atoms with Crippen LogP contribution in [0.3, 0.4) is 0 Å². The molecule has 2 rings (SSSR count). The van der Waals surface area contributed by atoms with E-state index in [0.29, 0.717) is 0 Å². The predicted octanol–water partition coefficient (Wildman–Crippen LogP) is 7.72. The molecule has 0 spiro atoms. The third-order valence-corrected chi connectivity index (χ3v) is 7.45. The zero-order valence-electron chi connectivity index (χ0n) is 16.8. The molecule has 0 nitrogen and oxygen atoms in total. The van der Waals surface area contributed by atoms with Gasteiger partial charge in [-0.15, -0.1) is 0 Å². The van der Waals surface area contributed by atoms with E-state index in [4.69, 9.17) is 0 Å².